The third-order valence-corrected chi connectivity index (χ3v) is 3.78. The molecular formula is C10H15Cl3N2O2. The zero-order chi connectivity index (χ0) is 12.5. The van der Waals surface area contributed by atoms with Gasteiger partial charge in [-0.15, -0.1) is 0 Å². The summed E-state index contributed by atoms with van der Waals surface area (Å²) in [4.78, 5) is 11.4. The highest BCUT2D eigenvalue weighted by Crippen LogP contribution is 2.52. The van der Waals surface area contributed by atoms with E-state index in [-0.39, 0.29) is 18.1 Å². The Balaban J connectivity index is 1.70. The van der Waals surface area contributed by atoms with Crippen LogP contribution in [-0.4, -0.2) is 35.6 Å². The van der Waals surface area contributed by atoms with Gasteiger partial charge in [0.05, 0.1) is 0 Å². The van der Waals surface area contributed by atoms with Crippen LogP contribution in [0.25, 0.3) is 0 Å². The molecule has 0 radical (unpaired) electrons. The van der Waals surface area contributed by atoms with Gasteiger partial charge in [0.1, 0.15) is 6.61 Å². The van der Waals surface area contributed by atoms with Crippen molar-refractivity contribution in [2.75, 3.05) is 19.7 Å². The van der Waals surface area contributed by atoms with Gasteiger partial charge in [-0.2, -0.15) is 0 Å². The number of nitrogens with one attached hydrogen (secondary N) is 2. The fourth-order valence-corrected chi connectivity index (χ4v) is 2.52. The van der Waals surface area contributed by atoms with Crippen molar-refractivity contribution < 1.29 is 9.53 Å². The van der Waals surface area contributed by atoms with Crippen LogP contribution in [0.1, 0.15) is 19.3 Å². The van der Waals surface area contributed by atoms with Gasteiger partial charge >= 0.3 is 6.09 Å². The lowest BCUT2D eigenvalue weighted by Gasteiger charge is -2.23. The van der Waals surface area contributed by atoms with E-state index in [4.69, 9.17) is 39.5 Å². The van der Waals surface area contributed by atoms with Gasteiger partial charge in [-0.05, 0) is 37.8 Å². The molecule has 1 amide bonds. The van der Waals surface area contributed by atoms with Gasteiger partial charge in [0.15, 0.2) is 0 Å². The number of halogens is 3. The Morgan fingerprint density at radius 2 is 2.06 bits per heavy atom. The number of piperidine rings is 1. The average Bonchev–Trinajstić information content (AvgIpc) is 2.88. The van der Waals surface area contributed by atoms with Gasteiger partial charge in [0.2, 0.25) is 3.79 Å². The van der Waals surface area contributed by atoms with E-state index in [0.29, 0.717) is 0 Å². The first-order valence-corrected chi connectivity index (χ1v) is 6.75. The predicted molar refractivity (Wildman–Crippen MR) is 67.7 cm³/mol. The van der Waals surface area contributed by atoms with Crippen LogP contribution >= 0.6 is 34.8 Å². The summed E-state index contributed by atoms with van der Waals surface area (Å²) in [7, 11) is 0. The Morgan fingerprint density at radius 1 is 1.41 bits per heavy atom. The van der Waals surface area contributed by atoms with Gasteiger partial charge in [-0.25, -0.2) is 4.79 Å². The van der Waals surface area contributed by atoms with Gasteiger partial charge < -0.3 is 15.4 Å². The number of rotatable bonds is 2. The number of ether oxygens (including phenoxy) is 1. The lowest BCUT2D eigenvalue weighted by molar-refractivity contribution is 0.145. The highest BCUT2D eigenvalue weighted by molar-refractivity contribution is 6.67. The van der Waals surface area contributed by atoms with E-state index in [0.717, 1.165) is 32.4 Å². The molecule has 1 spiro atoms. The standard InChI is InChI=1S/C10H15Cl3N2O2/c11-10(12,13)6-17-8(16)15-7-5-9(7)1-3-14-4-2-9/h7,14H,1-6H2,(H,15,16). The van der Waals surface area contributed by atoms with Gasteiger partial charge in [0.25, 0.3) is 0 Å². The Bertz CT molecular complexity index is 300. The van der Waals surface area contributed by atoms with Crippen LogP contribution in [0.4, 0.5) is 4.79 Å². The van der Waals surface area contributed by atoms with Crippen molar-refractivity contribution in [2.45, 2.75) is 29.1 Å². The zero-order valence-corrected chi connectivity index (χ0v) is 11.5. The monoisotopic (exact) mass is 300 g/mol. The summed E-state index contributed by atoms with van der Waals surface area (Å²) in [5, 5.41) is 6.13. The Morgan fingerprint density at radius 3 is 2.65 bits per heavy atom. The predicted octanol–water partition coefficient (Wildman–Crippen LogP) is 2.22. The smallest absolute Gasteiger partial charge is 0.407 e. The summed E-state index contributed by atoms with van der Waals surface area (Å²) in [6, 6.07) is 0.215. The largest absolute Gasteiger partial charge is 0.445 e. The number of hydrogen-bond donors (Lipinski definition) is 2. The number of alkyl halides is 3. The van der Waals surface area contributed by atoms with Crippen molar-refractivity contribution >= 4 is 40.9 Å². The van der Waals surface area contributed by atoms with Crippen molar-refractivity contribution in [1.82, 2.24) is 10.6 Å². The van der Waals surface area contributed by atoms with Crippen molar-refractivity contribution in [2.24, 2.45) is 5.41 Å². The van der Waals surface area contributed by atoms with Crippen LogP contribution < -0.4 is 10.6 Å². The minimum absolute atomic E-state index is 0.215. The van der Waals surface area contributed by atoms with Crippen molar-refractivity contribution in [3.8, 4) is 0 Å². The molecule has 1 unspecified atom stereocenters. The second-order valence-electron chi connectivity index (χ2n) is 4.70. The minimum Gasteiger partial charge on any atom is -0.445 e. The fraction of sp³-hybridized carbons (Fsp3) is 0.900. The molecule has 98 valence electrons. The van der Waals surface area contributed by atoms with E-state index in [1.165, 1.54) is 0 Å². The molecule has 1 saturated heterocycles. The maximum atomic E-state index is 11.4. The number of amides is 1. The van der Waals surface area contributed by atoms with E-state index in [1.54, 1.807) is 0 Å². The second-order valence-corrected chi connectivity index (χ2v) is 7.22. The lowest BCUT2D eigenvalue weighted by atomic mass is 9.94. The van der Waals surface area contributed by atoms with E-state index in [1.807, 2.05) is 0 Å². The van der Waals surface area contributed by atoms with Crippen molar-refractivity contribution in [3.05, 3.63) is 0 Å². The van der Waals surface area contributed by atoms with Gasteiger partial charge in [-0.3, -0.25) is 0 Å². The van der Waals surface area contributed by atoms with E-state index in [2.05, 4.69) is 10.6 Å². The molecule has 2 aliphatic rings. The number of hydrogen-bond acceptors (Lipinski definition) is 3. The Hall–Kier alpha value is 0.1000. The van der Waals surface area contributed by atoms with Crippen LogP contribution in [0, 0.1) is 5.41 Å². The molecule has 2 fully saturated rings. The molecule has 2 N–H and O–H groups in total. The van der Waals surface area contributed by atoms with Crippen LogP contribution in [0.3, 0.4) is 0 Å². The fourth-order valence-electron chi connectivity index (χ4n) is 2.36. The maximum Gasteiger partial charge on any atom is 0.407 e. The minimum atomic E-state index is -1.55. The van der Waals surface area contributed by atoms with E-state index in [9.17, 15) is 4.79 Å². The van der Waals surface area contributed by atoms with Crippen LogP contribution in [0.5, 0.6) is 0 Å². The molecule has 17 heavy (non-hydrogen) atoms. The van der Waals surface area contributed by atoms with Gasteiger partial charge in [0, 0.05) is 6.04 Å². The highest BCUT2D eigenvalue weighted by Gasteiger charge is 2.54. The summed E-state index contributed by atoms with van der Waals surface area (Å²) in [6.45, 7) is 1.80. The molecular weight excluding hydrogens is 286 g/mol. The zero-order valence-electron chi connectivity index (χ0n) is 9.27. The molecule has 2 rings (SSSR count). The molecule has 4 nitrogen and oxygen atoms in total. The molecule has 1 aliphatic carbocycles. The number of carbonyl (C=O) groups is 1. The van der Waals surface area contributed by atoms with E-state index >= 15 is 0 Å². The molecule has 0 bridgehead atoms. The summed E-state index contributed by atoms with van der Waals surface area (Å²) in [5.74, 6) is 0. The first-order valence-electron chi connectivity index (χ1n) is 5.62. The quantitative estimate of drug-likeness (QED) is 0.769. The van der Waals surface area contributed by atoms with Crippen molar-refractivity contribution in [3.63, 3.8) is 0 Å². The molecule has 1 atom stereocenters. The Labute approximate surface area is 115 Å². The SMILES string of the molecule is O=C(NC1CC12CCNCC2)OCC(Cl)(Cl)Cl. The molecule has 0 aromatic heterocycles. The number of alkyl carbamates (subject to hydrolysis) is 1. The van der Waals surface area contributed by atoms with Gasteiger partial charge in [-0.1, -0.05) is 34.8 Å². The summed E-state index contributed by atoms with van der Waals surface area (Å²) < 4.78 is 3.28. The van der Waals surface area contributed by atoms with Crippen LogP contribution in [0.15, 0.2) is 0 Å². The average molecular weight is 302 g/mol. The van der Waals surface area contributed by atoms with Crippen molar-refractivity contribution in [1.29, 1.82) is 0 Å². The summed E-state index contributed by atoms with van der Waals surface area (Å²) in [6.07, 6.45) is 2.72. The first kappa shape index (κ1) is 13.5. The van der Waals surface area contributed by atoms with E-state index < -0.39 is 9.89 Å². The third-order valence-electron chi connectivity index (χ3n) is 3.45. The maximum absolute atomic E-state index is 11.4. The first-order chi connectivity index (χ1) is 7.91. The Kier molecular flexibility index (Phi) is 3.98. The van der Waals surface area contributed by atoms with Crippen LogP contribution in [-0.2, 0) is 4.74 Å². The molecule has 1 saturated carbocycles. The molecule has 1 heterocycles. The van der Waals surface area contributed by atoms with Crippen LogP contribution in [0.2, 0.25) is 0 Å². The highest BCUT2D eigenvalue weighted by atomic mass is 35.6. The normalized spacial score (nSPS) is 26.6. The lowest BCUT2D eigenvalue weighted by Crippen LogP contribution is -2.36. The summed E-state index contributed by atoms with van der Waals surface area (Å²) >= 11 is 16.5. The molecule has 0 aromatic carbocycles. The number of carbonyl (C=O) groups excluding carboxylic acids is 1. The molecule has 7 heteroatoms. The molecule has 1 aliphatic heterocycles. The third kappa shape index (κ3) is 3.78. The second kappa shape index (κ2) is 5.00. The molecule has 0 aromatic rings. The topological polar surface area (TPSA) is 50.4 Å². The summed E-state index contributed by atoms with van der Waals surface area (Å²) in [5.41, 5.74) is 0.282.